The van der Waals surface area contributed by atoms with Crippen molar-refractivity contribution in [1.29, 1.82) is 0 Å². The molecule has 0 heterocycles. The molecular formula is C6H8F2O2S. The maximum Gasteiger partial charge on any atom is 0.157 e. The van der Waals surface area contributed by atoms with E-state index in [1.165, 1.54) is 0 Å². The molecule has 5 heteroatoms. The van der Waals surface area contributed by atoms with E-state index in [-0.39, 0.29) is 12.7 Å². The van der Waals surface area contributed by atoms with Crippen molar-refractivity contribution in [2.75, 3.05) is 11.5 Å². The van der Waals surface area contributed by atoms with E-state index in [1.807, 2.05) is 0 Å². The van der Waals surface area contributed by atoms with E-state index < -0.39 is 21.3 Å². The highest BCUT2D eigenvalue weighted by Gasteiger charge is 2.04. The van der Waals surface area contributed by atoms with Crippen molar-refractivity contribution in [3.05, 3.63) is 24.8 Å². The number of halogens is 2. The second-order valence-corrected chi connectivity index (χ2v) is 3.95. The van der Waals surface area contributed by atoms with Gasteiger partial charge in [-0.2, -0.15) is 0 Å². The van der Waals surface area contributed by atoms with Crippen LogP contribution in [0.1, 0.15) is 0 Å². The first-order valence-electron chi connectivity index (χ1n) is 2.83. The zero-order valence-electron chi connectivity index (χ0n) is 5.70. The minimum atomic E-state index is -3.36. The van der Waals surface area contributed by atoms with Crippen LogP contribution in [0.3, 0.4) is 0 Å². The quantitative estimate of drug-likeness (QED) is 0.658. The molecule has 0 bridgehead atoms. The largest absolute Gasteiger partial charge is 0.228 e. The fourth-order valence-electron chi connectivity index (χ4n) is 0.434. The zero-order valence-corrected chi connectivity index (χ0v) is 6.52. The molecule has 0 aromatic rings. The molecule has 2 nitrogen and oxygen atoms in total. The van der Waals surface area contributed by atoms with Gasteiger partial charge in [0, 0.05) is 0 Å². The molecule has 11 heavy (non-hydrogen) atoms. The van der Waals surface area contributed by atoms with E-state index >= 15 is 0 Å². The normalized spacial score (nSPS) is 13.3. The second kappa shape index (κ2) is 5.01. The lowest BCUT2D eigenvalue weighted by atomic mass is 10.7. The minimum Gasteiger partial charge on any atom is -0.228 e. The number of hydrogen-bond acceptors (Lipinski definition) is 2. The highest BCUT2D eigenvalue weighted by atomic mass is 32.2. The Kier molecular flexibility index (Phi) is 4.69. The Labute approximate surface area is 64.1 Å². The van der Waals surface area contributed by atoms with Crippen LogP contribution in [-0.2, 0) is 9.84 Å². The van der Waals surface area contributed by atoms with Crippen LogP contribution in [-0.4, -0.2) is 19.9 Å². The Balaban J connectivity index is 4.02. The van der Waals surface area contributed by atoms with Crippen LogP contribution in [0.25, 0.3) is 0 Å². The van der Waals surface area contributed by atoms with E-state index in [2.05, 4.69) is 0 Å². The van der Waals surface area contributed by atoms with E-state index in [0.29, 0.717) is 0 Å². The van der Waals surface area contributed by atoms with Crippen LogP contribution in [0.4, 0.5) is 8.78 Å². The summed E-state index contributed by atoms with van der Waals surface area (Å²) in [6.07, 6.45) is 2.02. The third kappa shape index (κ3) is 5.72. The van der Waals surface area contributed by atoms with Gasteiger partial charge in [-0.15, -0.1) is 0 Å². The molecular weight excluding hydrogens is 174 g/mol. The van der Waals surface area contributed by atoms with Crippen molar-refractivity contribution in [3.63, 3.8) is 0 Å². The molecule has 0 saturated heterocycles. The van der Waals surface area contributed by atoms with Crippen LogP contribution in [0.15, 0.2) is 24.8 Å². The van der Waals surface area contributed by atoms with Gasteiger partial charge in [0.05, 0.1) is 24.2 Å². The lowest BCUT2D eigenvalue weighted by Crippen LogP contribution is -2.06. The van der Waals surface area contributed by atoms with Gasteiger partial charge in [-0.3, -0.25) is 0 Å². The third-order valence-electron chi connectivity index (χ3n) is 0.878. The summed E-state index contributed by atoms with van der Waals surface area (Å²) in [5.74, 6) is -0.790. The van der Waals surface area contributed by atoms with Gasteiger partial charge >= 0.3 is 0 Å². The molecule has 0 aromatic heterocycles. The SMILES string of the molecule is O=S(=O)(CC=CF)CC=CF. The smallest absolute Gasteiger partial charge is 0.157 e. The van der Waals surface area contributed by atoms with E-state index in [4.69, 9.17) is 0 Å². The van der Waals surface area contributed by atoms with Crippen LogP contribution < -0.4 is 0 Å². The van der Waals surface area contributed by atoms with E-state index in [0.717, 1.165) is 12.2 Å². The summed E-state index contributed by atoms with van der Waals surface area (Å²) in [6.45, 7) is 0. The molecule has 0 unspecified atom stereocenters. The average Bonchev–Trinajstić information content (AvgIpc) is 1.97. The fourth-order valence-corrected chi connectivity index (χ4v) is 1.30. The summed E-state index contributed by atoms with van der Waals surface area (Å²) in [5, 5.41) is 0. The summed E-state index contributed by atoms with van der Waals surface area (Å²) in [7, 11) is -3.36. The molecule has 0 aromatic carbocycles. The van der Waals surface area contributed by atoms with Crippen molar-refractivity contribution >= 4 is 9.84 Å². The standard InChI is InChI=1S/C6H8F2O2S/c7-3-1-5-11(9,10)6-2-4-8/h1-4H,5-6H2. The van der Waals surface area contributed by atoms with E-state index in [1.54, 1.807) is 0 Å². The average molecular weight is 182 g/mol. The van der Waals surface area contributed by atoms with Gasteiger partial charge in [-0.05, 0) is 12.2 Å². The van der Waals surface area contributed by atoms with Gasteiger partial charge in [0.25, 0.3) is 0 Å². The first-order chi connectivity index (χ1) is 5.12. The topological polar surface area (TPSA) is 34.1 Å². The van der Waals surface area contributed by atoms with Gasteiger partial charge in [-0.25, -0.2) is 17.2 Å². The van der Waals surface area contributed by atoms with Crippen molar-refractivity contribution in [2.45, 2.75) is 0 Å². The first-order valence-corrected chi connectivity index (χ1v) is 4.65. The fraction of sp³-hybridized carbons (Fsp3) is 0.333. The Morgan fingerprint density at radius 1 is 1.00 bits per heavy atom. The molecule has 64 valence electrons. The lowest BCUT2D eigenvalue weighted by molar-refractivity contribution is 0.600. The monoisotopic (exact) mass is 182 g/mol. The zero-order chi connectivity index (χ0) is 8.74. The predicted octanol–water partition coefficient (Wildman–Crippen LogP) is 1.37. The molecule has 0 aliphatic rings. The van der Waals surface area contributed by atoms with Gasteiger partial charge in [0.15, 0.2) is 9.84 Å². The lowest BCUT2D eigenvalue weighted by Gasteiger charge is -1.92. The van der Waals surface area contributed by atoms with Crippen LogP contribution in [0.2, 0.25) is 0 Å². The second-order valence-electron chi connectivity index (χ2n) is 1.80. The minimum absolute atomic E-state index is 0.150. The van der Waals surface area contributed by atoms with Crippen LogP contribution in [0, 0.1) is 0 Å². The maximum absolute atomic E-state index is 11.3. The number of hydrogen-bond donors (Lipinski definition) is 0. The van der Waals surface area contributed by atoms with Crippen molar-refractivity contribution in [1.82, 2.24) is 0 Å². The highest BCUT2D eigenvalue weighted by Crippen LogP contribution is 1.92. The predicted molar refractivity (Wildman–Crippen MR) is 39.1 cm³/mol. The molecule has 0 rings (SSSR count). The van der Waals surface area contributed by atoms with Gasteiger partial charge < -0.3 is 0 Å². The number of rotatable bonds is 4. The van der Waals surface area contributed by atoms with Gasteiger partial charge in [0.2, 0.25) is 0 Å². The van der Waals surface area contributed by atoms with Gasteiger partial charge in [-0.1, -0.05) is 0 Å². The Morgan fingerprint density at radius 3 is 1.64 bits per heavy atom. The summed E-state index contributed by atoms with van der Waals surface area (Å²) in [4.78, 5) is 0. The summed E-state index contributed by atoms with van der Waals surface area (Å²) < 4.78 is 44.0. The number of sulfone groups is 1. The van der Waals surface area contributed by atoms with Gasteiger partial charge in [0.1, 0.15) is 0 Å². The van der Waals surface area contributed by atoms with Crippen molar-refractivity contribution < 1.29 is 17.2 Å². The molecule has 0 aliphatic heterocycles. The molecule has 0 atom stereocenters. The summed E-state index contributed by atoms with van der Waals surface area (Å²) >= 11 is 0. The van der Waals surface area contributed by atoms with E-state index in [9.17, 15) is 17.2 Å². The first kappa shape index (κ1) is 10.3. The van der Waals surface area contributed by atoms with Crippen molar-refractivity contribution in [2.24, 2.45) is 0 Å². The Morgan fingerprint density at radius 2 is 1.36 bits per heavy atom. The Bertz CT molecular complexity index is 221. The molecule has 0 saturated carbocycles. The molecule has 0 N–H and O–H groups in total. The molecule has 0 spiro atoms. The molecule has 0 amide bonds. The van der Waals surface area contributed by atoms with Crippen LogP contribution >= 0.6 is 0 Å². The molecule has 0 fully saturated rings. The summed E-state index contributed by atoms with van der Waals surface area (Å²) in [6, 6.07) is 0. The maximum atomic E-state index is 11.3. The summed E-state index contributed by atoms with van der Waals surface area (Å²) in [5.41, 5.74) is 0. The molecule has 0 aliphatic carbocycles. The Hall–Kier alpha value is -0.710. The van der Waals surface area contributed by atoms with Crippen LogP contribution in [0.5, 0.6) is 0 Å². The highest BCUT2D eigenvalue weighted by molar-refractivity contribution is 7.91. The van der Waals surface area contributed by atoms with Crippen molar-refractivity contribution in [3.8, 4) is 0 Å². The molecule has 0 radical (unpaired) electrons. The third-order valence-corrected chi connectivity index (χ3v) is 2.28.